The van der Waals surface area contributed by atoms with E-state index in [1.54, 1.807) is 19.2 Å². The summed E-state index contributed by atoms with van der Waals surface area (Å²) in [6, 6.07) is 8.88. The second-order valence-electron chi connectivity index (χ2n) is 7.51. The Morgan fingerprint density at radius 3 is 2.82 bits per heavy atom. The zero-order valence-electron chi connectivity index (χ0n) is 18.3. The number of carbonyl (C=O) groups excluding carboxylic acids is 1. The minimum atomic E-state index is -0.661. The highest BCUT2D eigenvalue weighted by Crippen LogP contribution is 2.33. The molecule has 1 aromatic carbocycles. The van der Waals surface area contributed by atoms with Gasteiger partial charge in [0.2, 0.25) is 5.95 Å². The molecule has 0 saturated carbocycles. The van der Waals surface area contributed by atoms with Gasteiger partial charge in [0, 0.05) is 24.8 Å². The van der Waals surface area contributed by atoms with Gasteiger partial charge in [0.05, 0.1) is 32.2 Å². The fraction of sp³-hybridized carbons (Fsp3) is 0.273. The summed E-state index contributed by atoms with van der Waals surface area (Å²) in [6.45, 7) is 2.83. The Hall–Kier alpha value is -4.19. The molecule has 3 N–H and O–H groups in total. The lowest BCUT2D eigenvalue weighted by Crippen LogP contribution is -2.36. The maximum absolute atomic E-state index is 14.4. The van der Waals surface area contributed by atoms with Gasteiger partial charge in [-0.1, -0.05) is 0 Å². The SMILES string of the molecule is COc1cc(Nc2ncc(F)c(Nc3ccc4c(n3)NC(=O)CO4)n2)ccc1N1CCOCC1. The summed E-state index contributed by atoms with van der Waals surface area (Å²) in [5, 5.41) is 8.49. The predicted octanol–water partition coefficient (Wildman–Crippen LogP) is 2.67. The van der Waals surface area contributed by atoms with E-state index in [1.165, 1.54) is 0 Å². The summed E-state index contributed by atoms with van der Waals surface area (Å²) in [7, 11) is 1.61. The third-order valence-electron chi connectivity index (χ3n) is 5.25. The number of halogens is 1. The Morgan fingerprint density at radius 1 is 1.15 bits per heavy atom. The van der Waals surface area contributed by atoms with Crippen LogP contribution in [0.15, 0.2) is 36.5 Å². The maximum Gasteiger partial charge on any atom is 0.263 e. The van der Waals surface area contributed by atoms with Gasteiger partial charge in [-0.2, -0.15) is 4.98 Å². The van der Waals surface area contributed by atoms with Gasteiger partial charge < -0.3 is 35.1 Å². The highest BCUT2D eigenvalue weighted by atomic mass is 19.1. The Labute approximate surface area is 194 Å². The monoisotopic (exact) mass is 467 g/mol. The highest BCUT2D eigenvalue weighted by Gasteiger charge is 2.19. The first kappa shape index (κ1) is 21.6. The van der Waals surface area contributed by atoms with Crippen molar-refractivity contribution in [2.24, 2.45) is 0 Å². The van der Waals surface area contributed by atoms with Crippen LogP contribution in [-0.4, -0.2) is 60.9 Å². The lowest BCUT2D eigenvalue weighted by atomic mass is 10.2. The smallest absolute Gasteiger partial charge is 0.263 e. The van der Waals surface area contributed by atoms with Crippen molar-refractivity contribution in [3.05, 3.63) is 42.3 Å². The van der Waals surface area contributed by atoms with E-state index in [1.807, 2.05) is 18.2 Å². The molecular formula is C22H22FN7O4. The highest BCUT2D eigenvalue weighted by molar-refractivity contribution is 5.94. The summed E-state index contributed by atoms with van der Waals surface area (Å²) >= 11 is 0. The molecule has 1 amide bonds. The number of nitrogens with zero attached hydrogens (tertiary/aromatic N) is 4. The van der Waals surface area contributed by atoms with Crippen LogP contribution in [0, 0.1) is 5.82 Å². The predicted molar refractivity (Wildman–Crippen MR) is 123 cm³/mol. The number of hydrogen-bond donors (Lipinski definition) is 3. The van der Waals surface area contributed by atoms with Gasteiger partial charge in [0.1, 0.15) is 11.6 Å². The third kappa shape index (κ3) is 4.62. The van der Waals surface area contributed by atoms with Crippen molar-refractivity contribution in [3.63, 3.8) is 0 Å². The molecule has 0 spiro atoms. The van der Waals surface area contributed by atoms with Crippen LogP contribution in [0.25, 0.3) is 0 Å². The molecular weight excluding hydrogens is 445 g/mol. The summed E-state index contributed by atoms with van der Waals surface area (Å²) in [4.78, 5) is 26.2. The molecule has 12 heteroatoms. The number of anilines is 6. The summed E-state index contributed by atoms with van der Waals surface area (Å²) in [5.41, 5.74) is 1.64. The number of carbonyl (C=O) groups is 1. The van der Waals surface area contributed by atoms with Crippen LogP contribution in [0.2, 0.25) is 0 Å². The number of rotatable bonds is 6. The van der Waals surface area contributed by atoms with Gasteiger partial charge in [-0.15, -0.1) is 0 Å². The van der Waals surface area contributed by atoms with E-state index in [9.17, 15) is 9.18 Å². The van der Waals surface area contributed by atoms with Crippen molar-refractivity contribution in [1.29, 1.82) is 0 Å². The zero-order valence-corrected chi connectivity index (χ0v) is 18.3. The van der Waals surface area contributed by atoms with Crippen LogP contribution in [0.4, 0.5) is 39.2 Å². The van der Waals surface area contributed by atoms with Gasteiger partial charge >= 0.3 is 0 Å². The lowest BCUT2D eigenvalue weighted by molar-refractivity contribution is -0.118. The summed E-state index contributed by atoms with van der Waals surface area (Å²) in [5.74, 6) is 0.785. The third-order valence-corrected chi connectivity index (χ3v) is 5.25. The molecule has 34 heavy (non-hydrogen) atoms. The van der Waals surface area contributed by atoms with Gasteiger partial charge in [-0.3, -0.25) is 4.79 Å². The number of benzene rings is 1. The molecule has 0 unspecified atom stereocenters. The molecule has 0 aliphatic carbocycles. The van der Waals surface area contributed by atoms with E-state index < -0.39 is 5.82 Å². The number of amides is 1. The second kappa shape index (κ2) is 9.35. The van der Waals surface area contributed by atoms with E-state index in [-0.39, 0.29) is 35.9 Å². The number of fused-ring (bicyclic) bond motifs is 1. The number of hydrogen-bond acceptors (Lipinski definition) is 10. The molecule has 1 saturated heterocycles. The zero-order chi connectivity index (χ0) is 23.5. The van der Waals surface area contributed by atoms with Crippen LogP contribution < -0.4 is 30.3 Å². The largest absolute Gasteiger partial charge is 0.495 e. The molecule has 4 heterocycles. The van der Waals surface area contributed by atoms with E-state index >= 15 is 0 Å². The van der Waals surface area contributed by atoms with Crippen LogP contribution >= 0.6 is 0 Å². The van der Waals surface area contributed by atoms with Crippen molar-refractivity contribution in [3.8, 4) is 11.5 Å². The molecule has 11 nitrogen and oxygen atoms in total. The summed E-state index contributed by atoms with van der Waals surface area (Å²) < 4.78 is 30.7. The average Bonchev–Trinajstić information content (AvgIpc) is 2.86. The van der Waals surface area contributed by atoms with Gasteiger partial charge in [-0.05, 0) is 24.3 Å². The minimum absolute atomic E-state index is 0.0742. The van der Waals surface area contributed by atoms with Crippen molar-refractivity contribution < 1.29 is 23.4 Å². The van der Waals surface area contributed by atoms with Crippen molar-refractivity contribution in [1.82, 2.24) is 15.0 Å². The number of methoxy groups -OCH3 is 1. The van der Waals surface area contributed by atoms with Crippen molar-refractivity contribution >= 4 is 40.7 Å². The van der Waals surface area contributed by atoms with Crippen molar-refractivity contribution in [2.45, 2.75) is 0 Å². The number of ether oxygens (including phenoxy) is 3. The minimum Gasteiger partial charge on any atom is -0.495 e. The maximum atomic E-state index is 14.4. The first-order valence-electron chi connectivity index (χ1n) is 10.6. The first-order valence-corrected chi connectivity index (χ1v) is 10.6. The molecule has 2 aliphatic heterocycles. The first-order chi connectivity index (χ1) is 16.6. The molecule has 1 fully saturated rings. The number of nitrogens with one attached hydrogen (secondary N) is 3. The second-order valence-corrected chi connectivity index (χ2v) is 7.51. The van der Waals surface area contributed by atoms with Gasteiger partial charge in [0.15, 0.2) is 29.8 Å². The Kier molecular flexibility index (Phi) is 5.95. The van der Waals surface area contributed by atoms with E-state index in [2.05, 4.69) is 35.8 Å². The van der Waals surface area contributed by atoms with E-state index in [0.29, 0.717) is 30.4 Å². The van der Waals surface area contributed by atoms with Crippen LogP contribution in [0.3, 0.4) is 0 Å². The molecule has 3 aromatic rings. The summed E-state index contributed by atoms with van der Waals surface area (Å²) in [6.07, 6.45) is 1.06. The molecule has 176 valence electrons. The van der Waals surface area contributed by atoms with Gasteiger partial charge in [0.25, 0.3) is 5.91 Å². The number of pyridine rings is 1. The molecule has 5 rings (SSSR count). The fourth-order valence-electron chi connectivity index (χ4n) is 3.62. The Balaban J connectivity index is 1.34. The molecule has 2 aliphatic rings. The Bertz CT molecular complexity index is 1220. The van der Waals surface area contributed by atoms with Crippen molar-refractivity contribution in [2.75, 3.05) is 60.9 Å². The van der Waals surface area contributed by atoms with Crippen LogP contribution in [-0.2, 0) is 9.53 Å². The average molecular weight is 467 g/mol. The molecule has 2 aromatic heterocycles. The standard InChI is InChI=1S/C22H22FN7O4/c1-32-17-10-13(2-3-15(17)30-6-8-33-9-7-30)25-22-24-11-14(23)20(29-22)26-18-5-4-16-21(27-18)28-19(31)12-34-16/h2-5,10-11H,6-9,12H2,1H3,(H3,24,25,26,27,28,29,31). The Morgan fingerprint density at radius 2 is 2.00 bits per heavy atom. The number of aromatic nitrogens is 3. The number of morpholine rings is 1. The topological polar surface area (TPSA) is 123 Å². The van der Waals surface area contributed by atoms with Crippen LogP contribution in [0.5, 0.6) is 11.5 Å². The normalized spacial score (nSPS) is 15.1. The van der Waals surface area contributed by atoms with Crippen LogP contribution in [0.1, 0.15) is 0 Å². The van der Waals surface area contributed by atoms with E-state index in [0.717, 1.165) is 25.0 Å². The quantitative estimate of drug-likeness (QED) is 0.499. The van der Waals surface area contributed by atoms with Gasteiger partial charge in [-0.25, -0.2) is 14.4 Å². The fourth-order valence-corrected chi connectivity index (χ4v) is 3.62. The molecule has 0 bridgehead atoms. The molecule has 0 atom stereocenters. The lowest BCUT2D eigenvalue weighted by Gasteiger charge is -2.30. The molecule has 0 radical (unpaired) electrons. The van der Waals surface area contributed by atoms with E-state index in [4.69, 9.17) is 14.2 Å².